The van der Waals surface area contributed by atoms with Crippen LogP contribution >= 0.6 is 12.2 Å². The monoisotopic (exact) mass is 451 g/mol. The standard InChI is InChI=1S/C22H21N5O4S/c1-2-31-19(28)14-26-21(20(24-22(26)32)17-6-3-4-12-23-17)18-7-5-13-25(18)15-8-10-16(11-9-15)27(29)30/h3-13,20-21H,2,14H2,1H3,(H,24,32)/t20-,21+/m0/s1. The van der Waals surface area contributed by atoms with Crippen molar-refractivity contribution in [3.05, 3.63) is 88.5 Å². The van der Waals surface area contributed by atoms with Gasteiger partial charge in [-0.3, -0.25) is 19.9 Å². The molecule has 1 aromatic carbocycles. The SMILES string of the molecule is CCOC(=O)CN1C(=S)N[C@@H](c2ccccn2)[C@H]1c1cccn1-c1ccc([N+](=O)[O-])cc1. The van der Waals surface area contributed by atoms with Crippen molar-refractivity contribution < 1.29 is 14.5 Å². The van der Waals surface area contributed by atoms with E-state index < -0.39 is 4.92 Å². The zero-order valence-corrected chi connectivity index (χ0v) is 18.1. The van der Waals surface area contributed by atoms with Gasteiger partial charge in [-0.25, -0.2) is 0 Å². The zero-order chi connectivity index (χ0) is 22.7. The van der Waals surface area contributed by atoms with Gasteiger partial charge >= 0.3 is 5.97 Å². The topological polar surface area (TPSA) is 103 Å². The van der Waals surface area contributed by atoms with E-state index in [-0.39, 0.29) is 36.9 Å². The largest absolute Gasteiger partial charge is 0.465 e. The van der Waals surface area contributed by atoms with Gasteiger partial charge in [0, 0.05) is 35.9 Å². The quantitative estimate of drug-likeness (QED) is 0.253. The van der Waals surface area contributed by atoms with Crippen molar-refractivity contribution in [3.63, 3.8) is 0 Å². The van der Waals surface area contributed by atoms with E-state index in [1.54, 1.807) is 30.2 Å². The number of aromatic nitrogens is 2. The maximum absolute atomic E-state index is 12.3. The van der Waals surface area contributed by atoms with Crippen molar-refractivity contribution >= 4 is 29.0 Å². The van der Waals surface area contributed by atoms with Crippen molar-refractivity contribution in [2.45, 2.75) is 19.0 Å². The normalized spacial score (nSPS) is 17.8. The molecule has 0 unspecified atom stereocenters. The second kappa shape index (κ2) is 9.15. The molecule has 2 aromatic heterocycles. The van der Waals surface area contributed by atoms with Crippen LogP contribution < -0.4 is 5.32 Å². The third kappa shape index (κ3) is 4.17. The molecule has 32 heavy (non-hydrogen) atoms. The summed E-state index contributed by atoms with van der Waals surface area (Å²) in [6.07, 6.45) is 3.58. The Hall–Kier alpha value is -3.79. The van der Waals surface area contributed by atoms with E-state index >= 15 is 0 Å². The maximum atomic E-state index is 12.3. The van der Waals surface area contributed by atoms with E-state index in [0.29, 0.717) is 5.11 Å². The number of nitrogens with zero attached hydrogens (tertiary/aromatic N) is 4. The molecular weight excluding hydrogens is 430 g/mol. The zero-order valence-electron chi connectivity index (χ0n) is 17.2. The van der Waals surface area contributed by atoms with Crippen molar-refractivity contribution in [2.75, 3.05) is 13.2 Å². The number of non-ortho nitro benzene ring substituents is 1. The number of hydrogen-bond acceptors (Lipinski definition) is 6. The molecule has 2 atom stereocenters. The van der Waals surface area contributed by atoms with E-state index in [4.69, 9.17) is 17.0 Å². The summed E-state index contributed by atoms with van der Waals surface area (Å²) in [5.41, 5.74) is 2.40. The lowest BCUT2D eigenvalue weighted by Crippen LogP contribution is -2.36. The molecule has 1 saturated heterocycles. The van der Waals surface area contributed by atoms with E-state index in [1.165, 1.54) is 12.1 Å². The van der Waals surface area contributed by atoms with Gasteiger partial charge in [0.05, 0.1) is 29.3 Å². The van der Waals surface area contributed by atoms with Crippen LogP contribution in [0, 0.1) is 10.1 Å². The predicted octanol–water partition coefficient (Wildman–Crippen LogP) is 3.32. The summed E-state index contributed by atoms with van der Waals surface area (Å²) >= 11 is 5.57. The van der Waals surface area contributed by atoms with Crippen LogP contribution in [0.4, 0.5) is 5.69 Å². The minimum absolute atomic E-state index is 0.0148. The first-order chi connectivity index (χ1) is 15.5. The lowest BCUT2D eigenvalue weighted by Gasteiger charge is -2.28. The molecule has 4 rings (SSSR count). The van der Waals surface area contributed by atoms with Crippen molar-refractivity contribution in [2.24, 2.45) is 0 Å². The molecule has 0 saturated carbocycles. The second-order valence-electron chi connectivity index (χ2n) is 7.14. The average Bonchev–Trinajstić information content (AvgIpc) is 3.39. The van der Waals surface area contributed by atoms with Crippen LogP contribution in [0.2, 0.25) is 0 Å². The summed E-state index contributed by atoms with van der Waals surface area (Å²) in [7, 11) is 0. The molecule has 1 aliphatic heterocycles. The number of nitrogens with one attached hydrogen (secondary N) is 1. The maximum Gasteiger partial charge on any atom is 0.325 e. The number of esters is 1. The van der Waals surface area contributed by atoms with Gasteiger partial charge in [0.15, 0.2) is 5.11 Å². The van der Waals surface area contributed by atoms with Crippen LogP contribution in [0.5, 0.6) is 0 Å². The third-order valence-corrected chi connectivity index (χ3v) is 5.58. The number of benzene rings is 1. The number of pyridine rings is 1. The number of rotatable bonds is 7. The number of ether oxygens (including phenoxy) is 1. The van der Waals surface area contributed by atoms with Gasteiger partial charge in [-0.2, -0.15) is 0 Å². The average molecular weight is 452 g/mol. The van der Waals surface area contributed by atoms with Crippen LogP contribution in [0.25, 0.3) is 5.69 Å². The first-order valence-corrected chi connectivity index (χ1v) is 10.5. The molecule has 0 aliphatic carbocycles. The summed E-state index contributed by atoms with van der Waals surface area (Å²) in [4.78, 5) is 29.2. The summed E-state index contributed by atoms with van der Waals surface area (Å²) in [5, 5.41) is 14.7. The lowest BCUT2D eigenvalue weighted by atomic mass is 10.0. The molecule has 0 amide bonds. The molecule has 1 N–H and O–H groups in total. The van der Waals surface area contributed by atoms with Gasteiger partial charge in [-0.05, 0) is 55.5 Å². The fourth-order valence-electron chi connectivity index (χ4n) is 3.85. The Labute approximate surface area is 189 Å². The van der Waals surface area contributed by atoms with Gasteiger partial charge in [0.1, 0.15) is 6.54 Å². The highest BCUT2D eigenvalue weighted by molar-refractivity contribution is 7.80. The first-order valence-electron chi connectivity index (χ1n) is 10.1. The van der Waals surface area contributed by atoms with Gasteiger partial charge in [0.2, 0.25) is 0 Å². The van der Waals surface area contributed by atoms with Crippen molar-refractivity contribution in [3.8, 4) is 5.69 Å². The molecule has 10 heteroatoms. The molecule has 0 spiro atoms. The Morgan fingerprint density at radius 2 is 2.00 bits per heavy atom. The third-order valence-electron chi connectivity index (χ3n) is 5.22. The molecule has 164 valence electrons. The van der Waals surface area contributed by atoms with E-state index in [0.717, 1.165) is 17.1 Å². The van der Waals surface area contributed by atoms with Gasteiger partial charge < -0.3 is 19.5 Å². The van der Waals surface area contributed by atoms with Crippen molar-refractivity contribution in [1.82, 2.24) is 19.8 Å². The predicted molar refractivity (Wildman–Crippen MR) is 121 cm³/mol. The highest BCUT2D eigenvalue weighted by Crippen LogP contribution is 2.39. The molecule has 3 aromatic rings. The van der Waals surface area contributed by atoms with Crippen LogP contribution in [-0.4, -0.2) is 43.6 Å². The summed E-state index contributed by atoms with van der Waals surface area (Å²) in [6.45, 7) is 2.02. The number of carbonyl (C=O) groups is 1. The van der Waals surface area contributed by atoms with E-state index in [9.17, 15) is 14.9 Å². The van der Waals surface area contributed by atoms with Gasteiger partial charge in [-0.1, -0.05) is 6.07 Å². The van der Waals surface area contributed by atoms with E-state index in [1.807, 2.05) is 41.1 Å². The minimum atomic E-state index is -0.433. The molecule has 1 fully saturated rings. The molecule has 9 nitrogen and oxygen atoms in total. The highest BCUT2D eigenvalue weighted by Gasteiger charge is 2.42. The highest BCUT2D eigenvalue weighted by atomic mass is 32.1. The molecule has 1 aliphatic rings. The molecule has 3 heterocycles. The van der Waals surface area contributed by atoms with Gasteiger partial charge in [-0.15, -0.1) is 0 Å². The summed E-state index contributed by atoms with van der Waals surface area (Å²) in [6, 6.07) is 15.1. The Kier molecular flexibility index (Phi) is 6.13. The Bertz CT molecular complexity index is 1130. The van der Waals surface area contributed by atoms with E-state index in [2.05, 4.69) is 10.3 Å². The Morgan fingerprint density at radius 3 is 2.66 bits per heavy atom. The number of thiocarbonyl (C=S) groups is 1. The molecular formula is C22H21N5O4S. The van der Waals surface area contributed by atoms with Crippen LogP contribution in [0.3, 0.4) is 0 Å². The minimum Gasteiger partial charge on any atom is -0.465 e. The smallest absolute Gasteiger partial charge is 0.325 e. The Morgan fingerprint density at radius 1 is 1.22 bits per heavy atom. The number of nitro groups is 1. The van der Waals surface area contributed by atoms with Gasteiger partial charge in [0.25, 0.3) is 5.69 Å². The van der Waals surface area contributed by atoms with Crippen molar-refractivity contribution in [1.29, 1.82) is 0 Å². The molecule has 0 bridgehead atoms. The second-order valence-corrected chi connectivity index (χ2v) is 7.52. The van der Waals surface area contributed by atoms with Crippen LogP contribution in [0.15, 0.2) is 67.0 Å². The Balaban J connectivity index is 1.76. The lowest BCUT2D eigenvalue weighted by molar-refractivity contribution is -0.384. The number of hydrogen-bond donors (Lipinski definition) is 1. The number of carbonyl (C=O) groups excluding carboxylic acids is 1. The summed E-state index contributed by atoms with van der Waals surface area (Å²) in [5.74, 6) is -0.378. The van der Waals surface area contributed by atoms with Crippen LogP contribution in [-0.2, 0) is 9.53 Å². The summed E-state index contributed by atoms with van der Waals surface area (Å²) < 4.78 is 7.08. The van der Waals surface area contributed by atoms with Crippen LogP contribution in [0.1, 0.15) is 30.4 Å². The first kappa shape index (κ1) is 21.4. The fraction of sp³-hybridized carbons (Fsp3) is 0.227. The fourth-order valence-corrected chi connectivity index (χ4v) is 4.15. The molecule has 0 radical (unpaired) electrons. The number of nitro benzene ring substituents is 1.